The highest BCUT2D eigenvalue weighted by molar-refractivity contribution is 5.06. The molecule has 0 amide bonds. The Bertz CT molecular complexity index is 386. The predicted molar refractivity (Wildman–Crippen MR) is 66.5 cm³/mol. The lowest BCUT2D eigenvalue weighted by atomic mass is 9.76. The Morgan fingerprint density at radius 1 is 1.29 bits per heavy atom. The van der Waals surface area contributed by atoms with Gasteiger partial charge in [0, 0.05) is 5.41 Å². The van der Waals surface area contributed by atoms with Crippen LogP contribution in [0.1, 0.15) is 65.1 Å². The molecule has 1 unspecified atom stereocenters. The van der Waals surface area contributed by atoms with Crippen molar-refractivity contribution in [3.05, 3.63) is 11.7 Å². The molecule has 0 saturated heterocycles. The van der Waals surface area contributed by atoms with E-state index in [2.05, 4.69) is 30.9 Å². The third kappa shape index (κ3) is 2.68. The molecule has 0 aliphatic heterocycles. The molecule has 4 heteroatoms. The van der Waals surface area contributed by atoms with Gasteiger partial charge in [0.2, 0.25) is 5.89 Å². The molecule has 1 fully saturated rings. The summed E-state index contributed by atoms with van der Waals surface area (Å²) in [7, 11) is 0. The number of nitrogens with two attached hydrogens (primary N) is 1. The zero-order valence-electron chi connectivity index (χ0n) is 11.3. The first-order valence-corrected chi connectivity index (χ1v) is 6.42. The average Bonchev–Trinajstić information content (AvgIpc) is 2.59. The molecular formula is C13H23N3O. The van der Waals surface area contributed by atoms with Gasteiger partial charge in [-0.2, -0.15) is 4.98 Å². The van der Waals surface area contributed by atoms with Crippen molar-refractivity contribution in [1.82, 2.24) is 10.1 Å². The third-order valence-electron chi connectivity index (χ3n) is 3.52. The van der Waals surface area contributed by atoms with Crippen molar-refractivity contribution in [3.63, 3.8) is 0 Å². The van der Waals surface area contributed by atoms with Gasteiger partial charge in [-0.05, 0) is 19.3 Å². The van der Waals surface area contributed by atoms with Crippen LogP contribution in [0, 0.1) is 5.92 Å². The van der Waals surface area contributed by atoms with Crippen LogP contribution in [0.5, 0.6) is 0 Å². The van der Waals surface area contributed by atoms with Crippen LogP contribution in [-0.2, 0) is 11.0 Å². The normalized spacial score (nSPS) is 21.0. The van der Waals surface area contributed by atoms with Gasteiger partial charge >= 0.3 is 0 Å². The van der Waals surface area contributed by atoms with Crippen molar-refractivity contribution >= 4 is 0 Å². The molecule has 1 saturated carbocycles. The van der Waals surface area contributed by atoms with Gasteiger partial charge in [-0.1, -0.05) is 45.2 Å². The molecule has 2 N–H and O–H groups in total. The zero-order valence-corrected chi connectivity index (χ0v) is 11.3. The Morgan fingerprint density at radius 2 is 1.94 bits per heavy atom. The Morgan fingerprint density at radius 3 is 2.35 bits per heavy atom. The van der Waals surface area contributed by atoms with E-state index < -0.39 is 5.54 Å². The first kappa shape index (κ1) is 12.6. The van der Waals surface area contributed by atoms with Crippen LogP contribution in [-0.4, -0.2) is 10.1 Å². The summed E-state index contributed by atoms with van der Waals surface area (Å²) in [5.74, 6) is 2.05. The summed E-state index contributed by atoms with van der Waals surface area (Å²) in [5, 5.41) is 4.05. The second-order valence-corrected chi connectivity index (χ2v) is 6.59. The van der Waals surface area contributed by atoms with Gasteiger partial charge in [0.05, 0.1) is 5.54 Å². The summed E-state index contributed by atoms with van der Waals surface area (Å²) in [6, 6.07) is 0. The van der Waals surface area contributed by atoms with E-state index in [4.69, 9.17) is 10.3 Å². The van der Waals surface area contributed by atoms with E-state index in [1.807, 2.05) is 6.92 Å². The van der Waals surface area contributed by atoms with Gasteiger partial charge in [-0.15, -0.1) is 0 Å². The highest BCUT2D eigenvalue weighted by Crippen LogP contribution is 2.36. The highest BCUT2D eigenvalue weighted by Gasteiger charge is 2.34. The minimum absolute atomic E-state index is 0.113. The van der Waals surface area contributed by atoms with Gasteiger partial charge in [-0.3, -0.25) is 0 Å². The molecule has 0 spiro atoms. The number of rotatable bonds is 3. The summed E-state index contributed by atoms with van der Waals surface area (Å²) in [6.45, 7) is 8.18. The first-order chi connectivity index (χ1) is 7.79. The van der Waals surface area contributed by atoms with E-state index in [9.17, 15) is 0 Å². The Kier molecular flexibility index (Phi) is 3.02. The molecule has 1 aliphatic rings. The number of nitrogens with zero attached hydrogens (tertiary/aromatic N) is 2. The monoisotopic (exact) mass is 237 g/mol. The van der Waals surface area contributed by atoms with E-state index in [0.717, 1.165) is 12.3 Å². The number of aromatic nitrogens is 2. The zero-order chi connectivity index (χ0) is 12.7. The molecule has 2 rings (SSSR count). The summed E-state index contributed by atoms with van der Waals surface area (Å²) >= 11 is 0. The Labute approximate surface area is 103 Å². The predicted octanol–water partition coefficient (Wildman–Crippen LogP) is 2.73. The summed E-state index contributed by atoms with van der Waals surface area (Å²) in [4.78, 5) is 4.46. The SMILES string of the molecule is CC(C)(C)c1nc(C(C)(N)CC2CCC2)no1. The molecule has 1 heterocycles. The van der Waals surface area contributed by atoms with Crippen molar-refractivity contribution in [2.24, 2.45) is 11.7 Å². The fourth-order valence-electron chi connectivity index (χ4n) is 2.15. The van der Waals surface area contributed by atoms with Crippen LogP contribution in [0.25, 0.3) is 0 Å². The van der Waals surface area contributed by atoms with E-state index in [0.29, 0.717) is 11.7 Å². The lowest BCUT2D eigenvalue weighted by Crippen LogP contribution is -2.38. The minimum atomic E-state index is -0.460. The van der Waals surface area contributed by atoms with E-state index in [-0.39, 0.29) is 5.41 Å². The van der Waals surface area contributed by atoms with Crippen LogP contribution in [0.4, 0.5) is 0 Å². The van der Waals surface area contributed by atoms with Crippen LogP contribution < -0.4 is 5.73 Å². The van der Waals surface area contributed by atoms with Crippen molar-refractivity contribution in [3.8, 4) is 0 Å². The lowest BCUT2D eigenvalue weighted by Gasteiger charge is -2.32. The van der Waals surface area contributed by atoms with Crippen molar-refractivity contribution in [2.75, 3.05) is 0 Å². The van der Waals surface area contributed by atoms with Crippen molar-refractivity contribution in [2.45, 2.75) is 64.3 Å². The quantitative estimate of drug-likeness (QED) is 0.877. The second-order valence-electron chi connectivity index (χ2n) is 6.59. The summed E-state index contributed by atoms with van der Waals surface area (Å²) in [5.41, 5.74) is 5.75. The second kappa shape index (κ2) is 4.09. The Balaban J connectivity index is 2.12. The highest BCUT2D eigenvalue weighted by atomic mass is 16.5. The van der Waals surface area contributed by atoms with Gasteiger partial charge in [-0.25, -0.2) is 0 Å². The maximum absolute atomic E-state index is 6.32. The number of hydrogen-bond acceptors (Lipinski definition) is 4. The largest absolute Gasteiger partial charge is 0.339 e. The van der Waals surface area contributed by atoms with Crippen LogP contribution in [0.2, 0.25) is 0 Å². The van der Waals surface area contributed by atoms with Gasteiger partial charge < -0.3 is 10.3 Å². The topological polar surface area (TPSA) is 64.9 Å². The van der Waals surface area contributed by atoms with E-state index in [1.54, 1.807) is 0 Å². The molecule has 0 bridgehead atoms. The minimum Gasteiger partial charge on any atom is -0.339 e. The first-order valence-electron chi connectivity index (χ1n) is 6.42. The maximum atomic E-state index is 6.32. The van der Waals surface area contributed by atoms with Gasteiger partial charge in [0.1, 0.15) is 0 Å². The van der Waals surface area contributed by atoms with Gasteiger partial charge in [0.25, 0.3) is 0 Å². The Hall–Kier alpha value is -0.900. The van der Waals surface area contributed by atoms with Crippen LogP contribution in [0.15, 0.2) is 4.52 Å². The molecule has 4 nitrogen and oxygen atoms in total. The van der Waals surface area contributed by atoms with Crippen LogP contribution in [0.3, 0.4) is 0 Å². The summed E-state index contributed by atoms with van der Waals surface area (Å²) < 4.78 is 5.31. The molecule has 0 aromatic carbocycles. The molecule has 1 aromatic rings. The molecule has 1 atom stereocenters. The van der Waals surface area contributed by atoms with Crippen LogP contribution >= 0.6 is 0 Å². The lowest BCUT2D eigenvalue weighted by molar-refractivity contribution is 0.225. The van der Waals surface area contributed by atoms with Gasteiger partial charge in [0.15, 0.2) is 5.82 Å². The summed E-state index contributed by atoms with van der Waals surface area (Å²) in [6.07, 6.45) is 4.86. The smallest absolute Gasteiger partial charge is 0.232 e. The molecule has 0 radical (unpaired) electrons. The van der Waals surface area contributed by atoms with E-state index in [1.165, 1.54) is 19.3 Å². The molecule has 1 aliphatic carbocycles. The maximum Gasteiger partial charge on any atom is 0.232 e. The van der Waals surface area contributed by atoms with Crippen molar-refractivity contribution < 1.29 is 4.52 Å². The molecular weight excluding hydrogens is 214 g/mol. The fraction of sp³-hybridized carbons (Fsp3) is 0.846. The third-order valence-corrected chi connectivity index (χ3v) is 3.52. The molecule has 1 aromatic heterocycles. The standard InChI is InChI=1S/C13H23N3O/c1-12(2,3)11-15-10(16-17-11)13(4,14)8-9-6-5-7-9/h9H,5-8,14H2,1-4H3. The fourth-order valence-corrected chi connectivity index (χ4v) is 2.15. The molecule has 96 valence electrons. The number of hydrogen-bond donors (Lipinski definition) is 1. The van der Waals surface area contributed by atoms with Crippen molar-refractivity contribution in [1.29, 1.82) is 0 Å². The van der Waals surface area contributed by atoms with E-state index >= 15 is 0 Å². The molecule has 17 heavy (non-hydrogen) atoms. The average molecular weight is 237 g/mol.